The molecular formula is C7H8Cl2CoO-2. The molecule has 1 nitrogen and oxygen atoms in total. The van der Waals surface area contributed by atoms with E-state index < -0.39 is 0 Å². The molecule has 0 N–H and O–H groups in total. The van der Waals surface area contributed by atoms with Gasteiger partial charge in [-0.05, 0) is 12.7 Å². The third kappa shape index (κ3) is 8.14. The van der Waals surface area contributed by atoms with Gasteiger partial charge in [-0.1, -0.05) is 0 Å². The van der Waals surface area contributed by atoms with Gasteiger partial charge in [-0.25, -0.2) is 6.08 Å². The summed E-state index contributed by atoms with van der Waals surface area (Å²) in [4.78, 5) is 9.77. The Hall–Kier alpha value is 0.236. The third-order valence-corrected chi connectivity index (χ3v) is 0.902. The summed E-state index contributed by atoms with van der Waals surface area (Å²) in [6.07, 6.45) is 8.14. The van der Waals surface area contributed by atoms with E-state index in [-0.39, 0.29) is 7.43 Å². The first kappa shape index (κ1) is 13.8. The Morgan fingerprint density at radius 1 is 1.55 bits per heavy atom. The van der Waals surface area contributed by atoms with E-state index >= 15 is 0 Å². The SMILES string of the molecule is O=[C-]C1=CC=CC1.[CH3-].[Cl][Co][Cl]. The molecule has 67 valence electrons. The van der Waals surface area contributed by atoms with Crippen molar-refractivity contribution in [2.45, 2.75) is 6.42 Å². The van der Waals surface area contributed by atoms with Crippen molar-refractivity contribution >= 4 is 26.6 Å². The molecule has 0 aliphatic heterocycles. The molecule has 0 aromatic rings. The minimum atomic E-state index is 0. The molecule has 0 radical (unpaired) electrons. The van der Waals surface area contributed by atoms with Crippen LogP contribution in [0.2, 0.25) is 0 Å². The van der Waals surface area contributed by atoms with Crippen molar-refractivity contribution in [1.82, 2.24) is 0 Å². The van der Waals surface area contributed by atoms with E-state index in [0.29, 0.717) is 12.9 Å². The molecule has 1 rings (SSSR count). The van der Waals surface area contributed by atoms with Crippen LogP contribution in [0.1, 0.15) is 6.42 Å². The van der Waals surface area contributed by atoms with Gasteiger partial charge in [0.15, 0.2) is 0 Å². The molecule has 4 heteroatoms. The van der Waals surface area contributed by atoms with Gasteiger partial charge in [0.1, 0.15) is 0 Å². The zero-order chi connectivity index (χ0) is 7.82. The van der Waals surface area contributed by atoms with Crippen LogP contribution in [0.25, 0.3) is 0 Å². The summed E-state index contributed by atoms with van der Waals surface area (Å²) in [6.45, 7) is 0. The van der Waals surface area contributed by atoms with Crippen LogP contribution in [0, 0.1) is 7.43 Å². The van der Waals surface area contributed by atoms with Crippen LogP contribution in [0.15, 0.2) is 23.8 Å². The molecule has 11 heavy (non-hydrogen) atoms. The molecule has 0 fully saturated rings. The Bertz CT molecular complexity index is 155. The number of allylic oxidation sites excluding steroid dienone is 4. The summed E-state index contributed by atoms with van der Waals surface area (Å²) >= 11 is 0.382. The molecule has 0 aromatic carbocycles. The molecule has 0 saturated heterocycles. The van der Waals surface area contributed by atoms with E-state index in [4.69, 9.17) is 20.3 Å². The molecular weight excluding hydrogens is 230 g/mol. The molecule has 0 aromatic heterocycles. The summed E-state index contributed by atoms with van der Waals surface area (Å²) in [6, 6.07) is 0. The Balaban J connectivity index is 0. The van der Waals surface area contributed by atoms with E-state index in [2.05, 4.69) is 0 Å². The summed E-state index contributed by atoms with van der Waals surface area (Å²) in [5.41, 5.74) is 0.750. The van der Waals surface area contributed by atoms with Crippen molar-refractivity contribution in [2.75, 3.05) is 0 Å². The first-order valence-electron chi connectivity index (χ1n) is 2.42. The molecule has 0 heterocycles. The van der Waals surface area contributed by atoms with E-state index in [1.54, 1.807) is 6.08 Å². The molecule has 0 amide bonds. The fraction of sp³-hybridized carbons (Fsp3) is 0.143. The van der Waals surface area contributed by atoms with Gasteiger partial charge in [-0.2, -0.15) is 5.57 Å². The van der Waals surface area contributed by atoms with Gasteiger partial charge in [-0.3, -0.25) is 0 Å². The molecule has 0 atom stereocenters. The monoisotopic (exact) mass is 237 g/mol. The van der Waals surface area contributed by atoms with Crippen molar-refractivity contribution in [3.63, 3.8) is 0 Å². The summed E-state index contributed by atoms with van der Waals surface area (Å²) in [7, 11) is 9.47. The molecule has 0 bridgehead atoms. The maximum atomic E-state index is 9.77. The van der Waals surface area contributed by atoms with E-state index in [1.807, 2.05) is 18.4 Å². The summed E-state index contributed by atoms with van der Waals surface area (Å²) in [5.74, 6) is 0. The van der Waals surface area contributed by atoms with Crippen LogP contribution in [-0.2, 0) is 17.7 Å². The van der Waals surface area contributed by atoms with Crippen molar-refractivity contribution in [3.8, 4) is 0 Å². The van der Waals surface area contributed by atoms with Gasteiger partial charge in [0.2, 0.25) is 0 Å². The Morgan fingerprint density at radius 3 is 2.27 bits per heavy atom. The second-order valence-corrected chi connectivity index (χ2v) is 3.19. The average Bonchev–Trinajstić information content (AvgIpc) is 2.39. The number of rotatable bonds is 1. The standard InChI is InChI=1S/C6H5O.CH3.2ClH.Co/c7-5-6-3-1-2-4-6;;;;/h1-3H,4H2;1H3;2*1H;/q2*-1;;;+2/p-2. The fourth-order valence-corrected chi connectivity index (χ4v) is 0.523. The Kier molecular flexibility index (Phi) is 12.8. The minimum absolute atomic E-state index is 0. The molecule has 1 aliphatic carbocycles. The second-order valence-electron chi connectivity index (χ2n) is 1.47. The van der Waals surface area contributed by atoms with Crippen LogP contribution in [-0.4, -0.2) is 6.29 Å². The summed E-state index contributed by atoms with van der Waals surface area (Å²) < 4.78 is 0. The van der Waals surface area contributed by atoms with Crippen molar-refractivity contribution in [3.05, 3.63) is 31.2 Å². The van der Waals surface area contributed by atoms with Crippen LogP contribution >= 0.6 is 20.3 Å². The quantitative estimate of drug-likeness (QED) is 0.642. The fourth-order valence-electron chi connectivity index (χ4n) is 0.523. The summed E-state index contributed by atoms with van der Waals surface area (Å²) in [5, 5.41) is 0. The van der Waals surface area contributed by atoms with Crippen LogP contribution < -0.4 is 0 Å². The normalized spacial score (nSPS) is 12.7. The van der Waals surface area contributed by atoms with Crippen LogP contribution in [0.3, 0.4) is 0 Å². The number of carbonyl (C=O) groups excluding carboxylic acids is 1. The molecule has 0 unspecified atom stereocenters. The van der Waals surface area contributed by atoms with E-state index in [1.165, 1.54) is 0 Å². The zero-order valence-corrected chi connectivity index (χ0v) is 8.49. The first-order valence-corrected chi connectivity index (χ1v) is 5.29. The molecule has 0 saturated carbocycles. The predicted octanol–water partition coefficient (Wildman–Crippen LogP) is 2.81. The zero-order valence-electron chi connectivity index (χ0n) is 5.94. The third-order valence-electron chi connectivity index (χ3n) is 0.902. The van der Waals surface area contributed by atoms with Gasteiger partial charge in [0.05, 0.1) is 0 Å². The van der Waals surface area contributed by atoms with Crippen LogP contribution in [0.4, 0.5) is 0 Å². The number of hydrogen-bond donors (Lipinski definition) is 0. The topological polar surface area (TPSA) is 17.1 Å². The first-order chi connectivity index (χ1) is 4.85. The maximum absolute atomic E-state index is 9.77. The number of hydrogen-bond acceptors (Lipinski definition) is 1. The van der Waals surface area contributed by atoms with Gasteiger partial charge < -0.3 is 12.2 Å². The van der Waals surface area contributed by atoms with Gasteiger partial charge in [0, 0.05) is 0 Å². The Labute approximate surface area is 81.9 Å². The molecule has 0 spiro atoms. The van der Waals surface area contributed by atoms with Crippen molar-refractivity contribution < 1.29 is 17.7 Å². The second kappa shape index (κ2) is 10.2. The van der Waals surface area contributed by atoms with Crippen molar-refractivity contribution in [2.24, 2.45) is 0 Å². The van der Waals surface area contributed by atoms with Gasteiger partial charge in [-0.15, -0.1) is 12.2 Å². The molecule has 1 aliphatic rings. The Morgan fingerprint density at radius 2 is 2.09 bits per heavy atom. The van der Waals surface area contributed by atoms with Gasteiger partial charge in [0.25, 0.3) is 0 Å². The van der Waals surface area contributed by atoms with Crippen molar-refractivity contribution in [1.29, 1.82) is 0 Å². The van der Waals surface area contributed by atoms with Crippen LogP contribution in [0.5, 0.6) is 0 Å². The van der Waals surface area contributed by atoms with E-state index in [9.17, 15) is 4.79 Å². The van der Waals surface area contributed by atoms with Gasteiger partial charge >= 0.3 is 33.2 Å². The predicted molar refractivity (Wildman–Crippen MR) is 45.7 cm³/mol. The average molecular weight is 238 g/mol. The number of halogens is 2. The van der Waals surface area contributed by atoms with E-state index in [0.717, 1.165) is 12.0 Å².